The monoisotopic (exact) mass is 361 g/mol. The molecule has 1 aromatic heterocycles. The number of nitrogens with zero attached hydrogens (tertiary/aromatic N) is 2. The second-order valence-electron chi connectivity index (χ2n) is 5.64. The zero-order chi connectivity index (χ0) is 18.3. The summed E-state index contributed by atoms with van der Waals surface area (Å²) >= 11 is 0. The topological polar surface area (TPSA) is 85.6 Å². The fourth-order valence-corrected chi connectivity index (χ4v) is 2.79. The van der Waals surface area contributed by atoms with Gasteiger partial charge >= 0.3 is 6.29 Å². The van der Waals surface area contributed by atoms with Crippen molar-refractivity contribution in [1.29, 1.82) is 0 Å². The number of halogens is 2. The van der Waals surface area contributed by atoms with E-state index >= 15 is 0 Å². The zero-order valence-electron chi connectivity index (χ0n) is 13.3. The Morgan fingerprint density at radius 2 is 1.96 bits per heavy atom. The van der Waals surface area contributed by atoms with Crippen LogP contribution in [0.4, 0.5) is 14.5 Å². The summed E-state index contributed by atoms with van der Waals surface area (Å²) in [6, 6.07) is 11.2. The van der Waals surface area contributed by atoms with Gasteiger partial charge in [0.25, 0.3) is 0 Å². The predicted octanol–water partition coefficient (Wildman–Crippen LogP) is 2.49. The summed E-state index contributed by atoms with van der Waals surface area (Å²) in [7, 11) is 0. The van der Waals surface area contributed by atoms with Crippen LogP contribution in [0, 0.1) is 0 Å². The molecule has 0 atom stereocenters. The van der Waals surface area contributed by atoms with Gasteiger partial charge in [-0.1, -0.05) is 12.1 Å². The van der Waals surface area contributed by atoms with Crippen molar-refractivity contribution in [2.45, 2.75) is 19.4 Å². The average Bonchev–Trinajstić information content (AvgIpc) is 3.10. The summed E-state index contributed by atoms with van der Waals surface area (Å²) in [6.45, 7) is -0.415. The highest BCUT2D eigenvalue weighted by Gasteiger charge is 2.43. The number of anilines is 1. The third kappa shape index (κ3) is 2.93. The molecule has 3 aromatic rings. The first-order chi connectivity index (χ1) is 12.4. The van der Waals surface area contributed by atoms with Gasteiger partial charge < -0.3 is 24.5 Å². The highest BCUT2D eigenvalue weighted by Crippen LogP contribution is 2.42. The standard InChI is InChI=1S/C17H13F2N3O4/c18-17(19)25-13-6-5-10(7-14(13)26-17)20-16(24)8-22-12-4-2-1-3-11(12)21-15(22)9-23/h1-7,23H,8-9H2,(H,20,24). The molecule has 0 radical (unpaired) electrons. The lowest BCUT2D eigenvalue weighted by Crippen LogP contribution is -2.25. The molecule has 1 amide bonds. The molecule has 1 aliphatic heterocycles. The number of fused-ring (bicyclic) bond motifs is 2. The molecule has 2 aromatic carbocycles. The number of hydrogen-bond acceptors (Lipinski definition) is 5. The third-order valence-electron chi connectivity index (χ3n) is 3.86. The van der Waals surface area contributed by atoms with E-state index in [9.17, 15) is 18.7 Å². The van der Waals surface area contributed by atoms with Gasteiger partial charge in [0.05, 0.1) is 11.0 Å². The number of aliphatic hydroxyl groups excluding tert-OH is 1. The molecule has 7 nitrogen and oxygen atoms in total. The molecule has 0 saturated carbocycles. The number of imidazole rings is 1. The number of hydrogen-bond donors (Lipinski definition) is 2. The third-order valence-corrected chi connectivity index (χ3v) is 3.86. The van der Waals surface area contributed by atoms with Crippen molar-refractivity contribution >= 4 is 22.6 Å². The van der Waals surface area contributed by atoms with Crippen molar-refractivity contribution in [3.63, 3.8) is 0 Å². The first kappa shape index (κ1) is 16.3. The highest BCUT2D eigenvalue weighted by atomic mass is 19.3. The molecule has 2 heterocycles. The normalized spacial score (nSPS) is 14.6. The van der Waals surface area contributed by atoms with E-state index < -0.39 is 12.2 Å². The van der Waals surface area contributed by atoms with Gasteiger partial charge in [0.1, 0.15) is 19.0 Å². The van der Waals surface area contributed by atoms with Crippen LogP contribution in [0.15, 0.2) is 42.5 Å². The van der Waals surface area contributed by atoms with Crippen molar-refractivity contribution in [1.82, 2.24) is 9.55 Å². The number of rotatable bonds is 4. The van der Waals surface area contributed by atoms with E-state index in [0.717, 1.165) is 0 Å². The predicted molar refractivity (Wildman–Crippen MR) is 86.9 cm³/mol. The van der Waals surface area contributed by atoms with Crippen molar-refractivity contribution in [2.75, 3.05) is 5.32 Å². The maximum Gasteiger partial charge on any atom is 0.586 e. The molecule has 0 bridgehead atoms. The number of amides is 1. The van der Waals surface area contributed by atoms with Crippen LogP contribution in [0.2, 0.25) is 0 Å². The quantitative estimate of drug-likeness (QED) is 0.746. The maximum absolute atomic E-state index is 13.0. The van der Waals surface area contributed by atoms with Crippen molar-refractivity contribution in [2.24, 2.45) is 0 Å². The molecule has 0 saturated heterocycles. The van der Waals surface area contributed by atoms with Crippen LogP contribution in [0.1, 0.15) is 5.82 Å². The lowest BCUT2D eigenvalue weighted by Gasteiger charge is -2.09. The molecular weight excluding hydrogens is 348 g/mol. The molecule has 1 aliphatic rings. The number of aromatic nitrogens is 2. The fourth-order valence-electron chi connectivity index (χ4n) is 2.79. The van der Waals surface area contributed by atoms with E-state index in [1.807, 2.05) is 6.07 Å². The van der Waals surface area contributed by atoms with E-state index in [2.05, 4.69) is 19.8 Å². The zero-order valence-corrected chi connectivity index (χ0v) is 13.3. The Kier molecular flexibility index (Phi) is 3.73. The number of ether oxygens (including phenoxy) is 2. The van der Waals surface area contributed by atoms with E-state index in [1.165, 1.54) is 18.2 Å². The summed E-state index contributed by atoms with van der Waals surface area (Å²) in [5.74, 6) is -0.312. The smallest absolute Gasteiger partial charge is 0.395 e. The number of nitrogens with one attached hydrogen (secondary N) is 1. The van der Waals surface area contributed by atoms with Crippen molar-refractivity contribution < 1.29 is 28.2 Å². The van der Waals surface area contributed by atoms with Crippen LogP contribution >= 0.6 is 0 Å². The number of aliphatic hydroxyl groups is 1. The van der Waals surface area contributed by atoms with E-state index in [1.54, 1.807) is 22.8 Å². The first-order valence-electron chi connectivity index (χ1n) is 7.70. The van der Waals surface area contributed by atoms with E-state index in [4.69, 9.17) is 0 Å². The van der Waals surface area contributed by atoms with Gasteiger partial charge in [0.15, 0.2) is 11.5 Å². The number of carbonyl (C=O) groups is 1. The molecule has 9 heteroatoms. The maximum atomic E-state index is 13.0. The van der Waals surface area contributed by atoms with Crippen LogP contribution in [0.3, 0.4) is 0 Å². The van der Waals surface area contributed by atoms with Crippen LogP contribution in [0.25, 0.3) is 11.0 Å². The van der Waals surface area contributed by atoms with Gasteiger partial charge in [-0.3, -0.25) is 4.79 Å². The van der Waals surface area contributed by atoms with Gasteiger partial charge in [-0.05, 0) is 24.3 Å². The number of benzene rings is 2. The second-order valence-corrected chi connectivity index (χ2v) is 5.64. The minimum absolute atomic E-state index is 0.0962. The SMILES string of the molecule is O=C(Cn1c(CO)nc2ccccc21)Nc1ccc2c(c1)OC(F)(F)O2. The summed E-state index contributed by atoms with van der Waals surface area (Å²) in [5, 5.41) is 12.1. The lowest BCUT2D eigenvalue weighted by atomic mass is 10.2. The minimum atomic E-state index is -3.71. The Morgan fingerprint density at radius 1 is 1.19 bits per heavy atom. The van der Waals surface area contributed by atoms with Crippen molar-refractivity contribution in [3.8, 4) is 11.5 Å². The lowest BCUT2D eigenvalue weighted by molar-refractivity contribution is -0.286. The van der Waals surface area contributed by atoms with Crippen LogP contribution in [-0.4, -0.2) is 26.9 Å². The van der Waals surface area contributed by atoms with Crippen LogP contribution < -0.4 is 14.8 Å². The van der Waals surface area contributed by atoms with Gasteiger partial charge in [-0.2, -0.15) is 0 Å². The Hall–Kier alpha value is -3.20. The average molecular weight is 361 g/mol. The number of para-hydroxylation sites is 2. The fraction of sp³-hybridized carbons (Fsp3) is 0.176. The van der Waals surface area contributed by atoms with Crippen LogP contribution in [-0.2, 0) is 17.9 Å². The largest absolute Gasteiger partial charge is 0.586 e. The Bertz CT molecular complexity index is 1000. The summed E-state index contributed by atoms with van der Waals surface area (Å²) in [4.78, 5) is 16.6. The van der Waals surface area contributed by atoms with Gasteiger partial charge in [0, 0.05) is 11.8 Å². The molecule has 0 fully saturated rings. The molecule has 134 valence electrons. The molecule has 2 N–H and O–H groups in total. The number of alkyl halides is 2. The molecule has 0 aliphatic carbocycles. The second kappa shape index (κ2) is 5.95. The van der Waals surface area contributed by atoms with Gasteiger partial charge in [-0.15, -0.1) is 8.78 Å². The van der Waals surface area contributed by atoms with Gasteiger partial charge in [0.2, 0.25) is 5.91 Å². The number of carbonyl (C=O) groups excluding carboxylic acids is 1. The molecule has 0 unspecified atom stereocenters. The van der Waals surface area contributed by atoms with E-state index in [-0.39, 0.29) is 30.3 Å². The molecule has 26 heavy (non-hydrogen) atoms. The molecule has 0 spiro atoms. The van der Waals surface area contributed by atoms with Crippen molar-refractivity contribution in [3.05, 3.63) is 48.3 Å². The highest BCUT2D eigenvalue weighted by molar-refractivity contribution is 5.92. The summed E-state index contributed by atoms with van der Waals surface area (Å²) in [6.07, 6.45) is -3.71. The minimum Gasteiger partial charge on any atom is -0.395 e. The summed E-state index contributed by atoms with van der Waals surface area (Å²) in [5.41, 5.74) is 1.65. The molecular formula is C17H13F2N3O4. The van der Waals surface area contributed by atoms with Crippen LogP contribution in [0.5, 0.6) is 11.5 Å². The van der Waals surface area contributed by atoms with Gasteiger partial charge in [-0.25, -0.2) is 4.98 Å². The summed E-state index contributed by atoms with van der Waals surface area (Å²) < 4.78 is 36.4. The Morgan fingerprint density at radius 3 is 2.77 bits per heavy atom. The Labute approximate surface area is 145 Å². The van der Waals surface area contributed by atoms with E-state index in [0.29, 0.717) is 16.9 Å². The first-order valence-corrected chi connectivity index (χ1v) is 7.70. The molecule has 4 rings (SSSR count). The Balaban J connectivity index is 1.54.